The van der Waals surface area contributed by atoms with E-state index in [2.05, 4.69) is 13.8 Å². The molecule has 0 radical (unpaired) electrons. The minimum Gasteiger partial charge on any atom is -0.0837 e. The van der Waals surface area contributed by atoms with Crippen LogP contribution in [0, 0.1) is 5.92 Å². The lowest BCUT2D eigenvalue weighted by molar-refractivity contribution is 0.529. The van der Waals surface area contributed by atoms with E-state index < -0.39 is 3.79 Å². The standard InChI is InChI=1S/C8H15Cl3/c1-7(2)5-3-4-6-8(9,10)11/h7H,3-6H2,1-2H3. The molecule has 68 valence electrons. The van der Waals surface area contributed by atoms with Crippen molar-refractivity contribution in [2.75, 3.05) is 0 Å². The van der Waals surface area contributed by atoms with Gasteiger partial charge in [0.2, 0.25) is 0 Å². The van der Waals surface area contributed by atoms with Crippen LogP contribution in [0.2, 0.25) is 0 Å². The van der Waals surface area contributed by atoms with Gasteiger partial charge in [0.25, 0.3) is 0 Å². The molecule has 0 rings (SSSR count). The first-order chi connectivity index (χ1) is 4.92. The Bertz CT molecular complexity index is 94.0. The van der Waals surface area contributed by atoms with Crippen LogP contribution in [-0.4, -0.2) is 3.79 Å². The van der Waals surface area contributed by atoms with Gasteiger partial charge in [-0.05, 0) is 18.8 Å². The average molecular weight is 218 g/mol. The molecule has 0 aliphatic carbocycles. The molecule has 0 heterocycles. The second kappa shape index (κ2) is 5.50. The number of rotatable bonds is 4. The number of unbranched alkanes of at least 4 members (excludes halogenated alkanes) is 1. The second-order valence-corrected chi connectivity index (χ2v) is 5.77. The SMILES string of the molecule is CC(C)CCCCC(Cl)(Cl)Cl. The summed E-state index contributed by atoms with van der Waals surface area (Å²) in [6.45, 7) is 4.41. The van der Waals surface area contributed by atoms with Crippen LogP contribution in [0.1, 0.15) is 39.5 Å². The third-order valence-corrected chi connectivity index (χ3v) is 2.06. The molecule has 0 saturated heterocycles. The van der Waals surface area contributed by atoms with E-state index in [1.807, 2.05) is 0 Å². The first-order valence-electron chi connectivity index (χ1n) is 3.98. The largest absolute Gasteiger partial charge is 0.190 e. The summed E-state index contributed by atoms with van der Waals surface area (Å²) in [5, 5.41) is 0. The van der Waals surface area contributed by atoms with Crippen LogP contribution in [0.5, 0.6) is 0 Å². The molecule has 0 aromatic heterocycles. The van der Waals surface area contributed by atoms with Crippen LogP contribution in [0.3, 0.4) is 0 Å². The predicted molar refractivity (Wildman–Crippen MR) is 53.6 cm³/mol. The van der Waals surface area contributed by atoms with Gasteiger partial charge in [0, 0.05) is 0 Å². The van der Waals surface area contributed by atoms with Crippen LogP contribution < -0.4 is 0 Å². The summed E-state index contributed by atoms with van der Waals surface area (Å²) in [5.74, 6) is 0.755. The zero-order valence-corrected chi connectivity index (χ0v) is 9.31. The average Bonchev–Trinajstić information content (AvgIpc) is 1.78. The van der Waals surface area contributed by atoms with Crippen molar-refractivity contribution < 1.29 is 0 Å². The molecule has 11 heavy (non-hydrogen) atoms. The quantitative estimate of drug-likeness (QED) is 0.478. The van der Waals surface area contributed by atoms with E-state index >= 15 is 0 Å². The zero-order valence-electron chi connectivity index (χ0n) is 7.04. The van der Waals surface area contributed by atoms with Crippen LogP contribution in [0.15, 0.2) is 0 Å². The summed E-state index contributed by atoms with van der Waals surface area (Å²) in [5.41, 5.74) is 0. The Kier molecular flexibility index (Phi) is 5.94. The molecule has 0 aliphatic rings. The normalized spacial score (nSPS) is 12.5. The fourth-order valence-corrected chi connectivity index (χ4v) is 1.28. The third-order valence-electron chi connectivity index (χ3n) is 1.49. The van der Waals surface area contributed by atoms with Gasteiger partial charge < -0.3 is 0 Å². The van der Waals surface area contributed by atoms with Gasteiger partial charge in [-0.25, -0.2) is 0 Å². The van der Waals surface area contributed by atoms with E-state index in [1.54, 1.807) is 0 Å². The summed E-state index contributed by atoms with van der Waals surface area (Å²) in [7, 11) is 0. The first-order valence-corrected chi connectivity index (χ1v) is 5.12. The van der Waals surface area contributed by atoms with E-state index in [9.17, 15) is 0 Å². The Morgan fingerprint density at radius 2 is 1.64 bits per heavy atom. The van der Waals surface area contributed by atoms with Crippen molar-refractivity contribution in [1.82, 2.24) is 0 Å². The molecule has 0 aromatic rings. The first kappa shape index (κ1) is 11.9. The second-order valence-electron chi connectivity index (χ2n) is 3.25. The van der Waals surface area contributed by atoms with Crippen molar-refractivity contribution in [2.24, 2.45) is 5.92 Å². The van der Waals surface area contributed by atoms with Gasteiger partial charge in [0.15, 0.2) is 3.79 Å². The van der Waals surface area contributed by atoms with E-state index in [0.717, 1.165) is 18.8 Å². The molecule has 0 unspecified atom stereocenters. The Labute approximate surface area is 84.2 Å². The van der Waals surface area contributed by atoms with Gasteiger partial charge in [-0.2, -0.15) is 0 Å². The molecule has 0 fully saturated rings. The molecular weight excluding hydrogens is 202 g/mol. The lowest BCUT2D eigenvalue weighted by Crippen LogP contribution is -2.01. The van der Waals surface area contributed by atoms with Crippen molar-refractivity contribution >= 4 is 34.8 Å². The van der Waals surface area contributed by atoms with E-state index in [1.165, 1.54) is 6.42 Å². The topological polar surface area (TPSA) is 0 Å². The van der Waals surface area contributed by atoms with Crippen molar-refractivity contribution in [3.05, 3.63) is 0 Å². The van der Waals surface area contributed by atoms with E-state index in [-0.39, 0.29) is 0 Å². The van der Waals surface area contributed by atoms with Gasteiger partial charge in [-0.15, -0.1) is 0 Å². The smallest absolute Gasteiger partial charge is 0.0837 e. The molecule has 3 heteroatoms. The minimum atomic E-state index is -1.04. The molecule has 0 bridgehead atoms. The molecule has 0 nitrogen and oxygen atoms in total. The lowest BCUT2D eigenvalue weighted by Gasteiger charge is -2.10. The third kappa shape index (κ3) is 10.9. The van der Waals surface area contributed by atoms with Crippen LogP contribution in [0.4, 0.5) is 0 Å². The molecule has 0 aromatic carbocycles. The molecule has 0 amide bonds. The van der Waals surface area contributed by atoms with Gasteiger partial charge in [-0.1, -0.05) is 61.5 Å². The Balaban J connectivity index is 3.15. The highest BCUT2D eigenvalue weighted by molar-refractivity contribution is 6.67. The van der Waals surface area contributed by atoms with Gasteiger partial charge in [-0.3, -0.25) is 0 Å². The Morgan fingerprint density at radius 3 is 2.00 bits per heavy atom. The van der Waals surface area contributed by atoms with Crippen molar-refractivity contribution in [2.45, 2.75) is 43.3 Å². The summed E-state index contributed by atoms with van der Waals surface area (Å²) in [4.78, 5) is 0. The number of alkyl halides is 3. The van der Waals surface area contributed by atoms with E-state index in [0.29, 0.717) is 6.42 Å². The Morgan fingerprint density at radius 1 is 1.09 bits per heavy atom. The molecule has 0 saturated carbocycles. The van der Waals surface area contributed by atoms with Gasteiger partial charge in [0.1, 0.15) is 0 Å². The summed E-state index contributed by atoms with van der Waals surface area (Å²) in [6.07, 6.45) is 4.06. The molecular formula is C8H15Cl3. The summed E-state index contributed by atoms with van der Waals surface area (Å²) in [6, 6.07) is 0. The predicted octanol–water partition coefficient (Wildman–Crippen LogP) is 4.57. The fourth-order valence-electron chi connectivity index (χ4n) is 0.878. The maximum atomic E-state index is 5.58. The van der Waals surface area contributed by atoms with E-state index in [4.69, 9.17) is 34.8 Å². The lowest BCUT2D eigenvalue weighted by atomic mass is 10.1. The van der Waals surface area contributed by atoms with Gasteiger partial charge in [0.05, 0.1) is 0 Å². The van der Waals surface area contributed by atoms with Gasteiger partial charge >= 0.3 is 0 Å². The summed E-state index contributed by atoms with van der Waals surface area (Å²) >= 11 is 16.7. The maximum absolute atomic E-state index is 5.58. The fraction of sp³-hybridized carbons (Fsp3) is 1.00. The monoisotopic (exact) mass is 216 g/mol. The summed E-state index contributed by atoms with van der Waals surface area (Å²) < 4.78 is -1.04. The minimum absolute atomic E-state index is 0.671. The highest BCUT2D eigenvalue weighted by Gasteiger charge is 2.17. The maximum Gasteiger partial charge on any atom is 0.190 e. The number of hydrogen-bond acceptors (Lipinski definition) is 0. The van der Waals surface area contributed by atoms with Crippen LogP contribution >= 0.6 is 34.8 Å². The molecule has 0 atom stereocenters. The van der Waals surface area contributed by atoms with Crippen molar-refractivity contribution in [3.8, 4) is 0 Å². The highest BCUT2D eigenvalue weighted by atomic mass is 35.6. The number of halogens is 3. The molecule has 0 aliphatic heterocycles. The van der Waals surface area contributed by atoms with Crippen LogP contribution in [-0.2, 0) is 0 Å². The van der Waals surface area contributed by atoms with Crippen LogP contribution in [0.25, 0.3) is 0 Å². The van der Waals surface area contributed by atoms with Crippen molar-refractivity contribution in [3.63, 3.8) is 0 Å². The highest BCUT2D eigenvalue weighted by Crippen LogP contribution is 2.32. The molecule has 0 spiro atoms. The number of hydrogen-bond donors (Lipinski definition) is 0. The van der Waals surface area contributed by atoms with Crippen molar-refractivity contribution in [1.29, 1.82) is 0 Å². The molecule has 0 N–H and O–H groups in total. The Hall–Kier alpha value is 0.870. The zero-order chi connectivity index (χ0) is 8.91.